The van der Waals surface area contributed by atoms with Crippen LogP contribution in [0.25, 0.3) is 11.1 Å². The van der Waals surface area contributed by atoms with E-state index in [1.807, 2.05) is 79.7 Å². The smallest absolute Gasteiger partial charge is 0.399 e. The molecule has 0 aliphatic carbocycles. The second-order valence-electron chi connectivity index (χ2n) is 8.03. The largest absolute Gasteiger partial charge is 0.494 e. The van der Waals surface area contributed by atoms with Crippen LogP contribution in [0.2, 0.25) is 5.15 Å². The molecule has 1 aromatic heterocycles. The van der Waals surface area contributed by atoms with Crippen LogP contribution in [0.5, 0.6) is 0 Å². The van der Waals surface area contributed by atoms with Gasteiger partial charge in [-0.3, -0.25) is 9.48 Å². The fourth-order valence-corrected chi connectivity index (χ4v) is 3.01. The van der Waals surface area contributed by atoms with Crippen LogP contribution in [-0.4, -0.2) is 53.0 Å². The zero-order valence-electron chi connectivity index (χ0n) is 20.6. The summed E-state index contributed by atoms with van der Waals surface area (Å²) in [6.45, 7) is 16.3. The van der Waals surface area contributed by atoms with Gasteiger partial charge in [0.25, 0.3) is 0 Å². The molecule has 8 heteroatoms. The molecule has 0 saturated carbocycles. The third-order valence-electron chi connectivity index (χ3n) is 5.26. The lowest BCUT2D eigenvalue weighted by molar-refractivity contribution is -0.129. The Morgan fingerprint density at radius 2 is 1.52 bits per heavy atom. The number of aromatic nitrogens is 2. The second kappa shape index (κ2) is 11.2. The Kier molecular flexibility index (Phi) is 9.80. The molecule has 0 atom stereocenters. The van der Waals surface area contributed by atoms with Crippen LogP contribution < -0.4 is 5.46 Å². The van der Waals surface area contributed by atoms with Crippen molar-refractivity contribution in [2.75, 3.05) is 14.1 Å². The minimum absolute atomic E-state index is 0.0446. The number of rotatable bonds is 4. The van der Waals surface area contributed by atoms with Gasteiger partial charge in [0, 0.05) is 25.9 Å². The summed E-state index contributed by atoms with van der Waals surface area (Å²) in [4.78, 5) is 13.4. The minimum atomic E-state index is -0.403. The molecule has 1 aromatic carbocycles. The van der Waals surface area contributed by atoms with Gasteiger partial charge in [0.05, 0.1) is 11.2 Å². The zero-order valence-corrected chi connectivity index (χ0v) is 21.4. The standard InChI is InChI=1S/C19H25BClN3O3.2C2H6/c1-18(2)19(3,4)27-20(26-18)14-9-7-13(8-10-14)15-11-24(22-17(15)21)12-16(25)23(5)6;2*1-2/h7-11H,12H2,1-6H3;2*1-2H3. The second-order valence-corrected chi connectivity index (χ2v) is 8.39. The fourth-order valence-electron chi connectivity index (χ4n) is 2.75. The Hall–Kier alpha value is -1.83. The van der Waals surface area contributed by atoms with E-state index in [0.29, 0.717) is 5.15 Å². The average molecular weight is 450 g/mol. The topological polar surface area (TPSA) is 56.6 Å². The Labute approximate surface area is 193 Å². The van der Waals surface area contributed by atoms with E-state index in [9.17, 15) is 4.79 Å². The van der Waals surface area contributed by atoms with Crippen molar-refractivity contribution >= 4 is 30.1 Å². The van der Waals surface area contributed by atoms with E-state index in [1.54, 1.807) is 25.0 Å². The van der Waals surface area contributed by atoms with Crippen LogP contribution >= 0.6 is 11.6 Å². The highest BCUT2D eigenvalue weighted by Crippen LogP contribution is 2.36. The maximum absolute atomic E-state index is 11.9. The molecule has 1 saturated heterocycles. The van der Waals surface area contributed by atoms with E-state index >= 15 is 0 Å². The van der Waals surface area contributed by atoms with Gasteiger partial charge in [0.2, 0.25) is 5.91 Å². The van der Waals surface area contributed by atoms with Crippen LogP contribution in [0.1, 0.15) is 55.4 Å². The molecule has 1 amide bonds. The number of carbonyl (C=O) groups is 1. The summed E-state index contributed by atoms with van der Waals surface area (Å²) in [5.74, 6) is -0.0446. The molecule has 2 heterocycles. The molecule has 31 heavy (non-hydrogen) atoms. The Morgan fingerprint density at radius 3 is 1.97 bits per heavy atom. The van der Waals surface area contributed by atoms with E-state index in [1.165, 1.54) is 4.90 Å². The first-order valence-electron chi connectivity index (χ1n) is 10.9. The molecule has 1 aliphatic rings. The number of carbonyl (C=O) groups excluding carboxylic acids is 1. The number of benzene rings is 1. The van der Waals surface area contributed by atoms with Crippen LogP contribution in [0.3, 0.4) is 0 Å². The first kappa shape index (κ1) is 27.2. The number of nitrogens with zero attached hydrogens (tertiary/aromatic N) is 3. The summed E-state index contributed by atoms with van der Waals surface area (Å²) in [6, 6.07) is 7.86. The molecule has 0 spiro atoms. The lowest BCUT2D eigenvalue weighted by Crippen LogP contribution is -2.41. The quantitative estimate of drug-likeness (QED) is 0.638. The average Bonchev–Trinajstić information content (AvgIpc) is 3.20. The van der Waals surface area contributed by atoms with Gasteiger partial charge >= 0.3 is 7.12 Å². The van der Waals surface area contributed by atoms with Crippen molar-refractivity contribution in [3.05, 3.63) is 35.6 Å². The summed E-state index contributed by atoms with van der Waals surface area (Å²) in [5.41, 5.74) is 1.90. The first-order chi connectivity index (χ1) is 14.5. The lowest BCUT2D eigenvalue weighted by atomic mass is 9.78. The SMILES string of the molecule is CC.CC.CN(C)C(=O)Cn1cc(-c2ccc(B3OC(C)(C)C(C)(C)O3)cc2)c(Cl)n1. The van der Waals surface area contributed by atoms with E-state index in [4.69, 9.17) is 20.9 Å². The molecule has 1 aliphatic heterocycles. The van der Waals surface area contributed by atoms with Crippen molar-refractivity contribution in [3.63, 3.8) is 0 Å². The van der Waals surface area contributed by atoms with Crippen molar-refractivity contribution in [1.82, 2.24) is 14.7 Å². The van der Waals surface area contributed by atoms with E-state index in [2.05, 4.69) is 5.10 Å². The third-order valence-corrected chi connectivity index (χ3v) is 5.54. The number of likely N-dealkylation sites (N-methyl/N-ethyl adjacent to an activating group) is 1. The van der Waals surface area contributed by atoms with Gasteiger partial charge in [-0.05, 0) is 38.7 Å². The van der Waals surface area contributed by atoms with E-state index in [-0.39, 0.29) is 23.7 Å². The van der Waals surface area contributed by atoms with Crippen LogP contribution in [0.4, 0.5) is 0 Å². The van der Waals surface area contributed by atoms with Crippen LogP contribution in [-0.2, 0) is 20.6 Å². The van der Waals surface area contributed by atoms with Crippen LogP contribution in [0, 0.1) is 0 Å². The Bertz CT molecular complexity index is 832. The van der Waals surface area contributed by atoms with Crippen molar-refractivity contribution in [2.24, 2.45) is 0 Å². The molecule has 2 aromatic rings. The van der Waals surface area contributed by atoms with Gasteiger partial charge in [-0.15, -0.1) is 0 Å². The summed E-state index contributed by atoms with van der Waals surface area (Å²) in [5, 5.41) is 4.60. The molecule has 0 radical (unpaired) electrons. The van der Waals surface area contributed by atoms with Gasteiger partial charge in [0.1, 0.15) is 6.54 Å². The molecule has 6 nitrogen and oxygen atoms in total. The number of halogens is 1. The first-order valence-corrected chi connectivity index (χ1v) is 11.3. The zero-order chi connectivity index (χ0) is 24.0. The van der Waals surface area contributed by atoms with E-state index in [0.717, 1.165) is 16.6 Å². The van der Waals surface area contributed by atoms with Gasteiger partial charge in [-0.1, -0.05) is 63.6 Å². The molecule has 0 N–H and O–H groups in total. The maximum atomic E-state index is 11.9. The number of hydrogen-bond donors (Lipinski definition) is 0. The number of amides is 1. The third kappa shape index (κ3) is 6.34. The Balaban J connectivity index is 0.00000113. The van der Waals surface area contributed by atoms with Gasteiger partial charge in [-0.2, -0.15) is 5.10 Å². The fraction of sp³-hybridized carbons (Fsp3) is 0.565. The van der Waals surface area contributed by atoms with Gasteiger partial charge in [-0.25, -0.2) is 0 Å². The maximum Gasteiger partial charge on any atom is 0.494 e. The molecule has 3 rings (SSSR count). The predicted octanol–water partition coefficient (Wildman–Crippen LogP) is 4.64. The summed E-state index contributed by atoms with van der Waals surface area (Å²) < 4.78 is 13.7. The Morgan fingerprint density at radius 1 is 1.03 bits per heavy atom. The van der Waals surface area contributed by atoms with E-state index < -0.39 is 7.12 Å². The normalized spacial score (nSPS) is 16.0. The monoisotopic (exact) mass is 449 g/mol. The highest BCUT2D eigenvalue weighted by atomic mass is 35.5. The molecule has 0 bridgehead atoms. The summed E-state index contributed by atoms with van der Waals surface area (Å²) in [6.07, 6.45) is 1.79. The molecular weight excluding hydrogens is 413 g/mol. The van der Waals surface area contributed by atoms with Crippen molar-refractivity contribution in [2.45, 2.75) is 73.1 Å². The molecule has 172 valence electrons. The summed E-state index contributed by atoms with van der Waals surface area (Å²) in [7, 11) is 3.02. The number of hydrogen-bond acceptors (Lipinski definition) is 4. The molecular formula is C23H37BClN3O3. The van der Waals surface area contributed by atoms with Crippen LogP contribution in [0.15, 0.2) is 30.5 Å². The van der Waals surface area contributed by atoms with Crippen molar-refractivity contribution in [3.8, 4) is 11.1 Å². The highest BCUT2D eigenvalue weighted by Gasteiger charge is 2.51. The highest BCUT2D eigenvalue weighted by molar-refractivity contribution is 6.62. The predicted molar refractivity (Wildman–Crippen MR) is 130 cm³/mol. The lowest BCUT2D eigenvalue weighted by Gasteiger charge is -2.32. The van der Waals surface area contributed by atoms with Crippen molar-refractivity contribution < 1.29 is 14.1 Å². The van der Waals surface area contributed by atoms with Gasteiger partial charge in [0.15, 0.2) is 5.15 Å². The minimum Gasteiger partial charge on any atom is -0.399 e. The van der Waals surface area contributed by atoms with Gasteiger partial charge < -0.3 is 14.2 Å². The van der Waals surface area contributed by atoms with Crippen molar-refractivity contribution in [1.29, 1.82) is 0 Å². The summed E-state index contributed by atoms with van der Waals surface area (Å²) >= 11 is 6.28. The molecule has 1 fully saturated rings. The molecule has 0 unspecified atom stereocenters.